The number of imidazole rings is 1. The van der Waals surface area contributed by atoms with E-state index in [1.165, 1.54) is 17.3 Å². The van der Waals surface area contributed by atoms with Crippen LogP contribution in [0.1, 0.15) is 11.4 Å². The third kappa shape index (κ3) is 4.49. The zero-order valence-electron chi connectivity index (χ0n) is 19.6. The minimum atomic E-state index is -0.398. The molecule has 0 spiro atoms. The van der Waals surface area contributed by atoms with Gasteiger partial charge >= 0.3 is 5.69 Å². The van der Waals surface area contributed by atoms with Crippen LogP contribution in [-0.2, 0) is 27.2 Å². The molecule has 0 N–H and O–H groups in total. The number of para-hydroxylation sites is 1. The Morgan fingerprint density at radius 1 is 0.857 bits per heavy atom. The molecule has 10 heteroatoms. The van der Waals surface area contributed by atoms with Gasteiger partial charge in [0.05, 0.1) is 16.6 Å². The first-order valence-corrected chi connectivity index (χ1v) is 12.2. The second-order valence-electron chi connectivity index (χ2n) is 8.84. The van der Waals surface area contributed by atoms with Crippen molar-refractivity contribution in [3.63, 3.8) is 0 Å². The molecule has 0 aliphatic carbocycles. The van der Waals surface area contributed by atoms with E-state index in [1.54, 1.807) is 19.2 Å². The molecule has 4 aromatic rings. The fourth-order valence-corrected chi connectivity index (χ4v) is 4.93. The standard InChI is InChI=1S/C25H26Cl2N6O2/c1-29-23-22(24(34)30(2)25(29)35)33(15-17-8-9-19(26)20(27)14-17)21(28-23)16-31-10-12-32(13-11-31)18-6-4-3-5-7-18/h3-9,14H,10-13,15-16H2,1-2H3. The number of hydrogen-bond acceptors (Lipinski definition) is 5. The molecule has 0 amide bonds. The number of benzene rings is 2. The first-order chi connectivity index (χ1) is 16.8. The van der Waals surface area contributed by atoms with Crippen molar-refractivity contribution in [2.45, 2.75) is 13.1 Å². The molecule has 0 bridgehead atoms. The molecule has 0 saturated carbocycles. The third-order valence-corrected chi connectivity index (χ3v) is 7.35. The summed E-state index contributed by atoms with van der Waals surface area (Å²) in [4.78, 5) is 35.2. The second-order valence-corrected chi connectivity index (χ2v) is 9.65. The molecule has 0 radical (unpaired) electrons. The molecular weight excluding hydrogens is 487 g/mol. The Kier molecular flexibility index (Phi) is 6.44. The molecule has 8 nitrogen and oxygen atoms in total. The molecular formula is C25H26Cl2N6O2. The van der Waals surface area contributed by atoms with Gasteiger partial charge in [0, 0.05) is 52.5 Å². The van der Waals surface area contributed by atoms with Gasteiger partial charge in [0.1, 0.15) is 5.82 Å². The highest BCUT2D eigenvalue weighted by atomic mass is 35.5. The number of halogens is 2. The van der Waals surface area contributed by atoms with Crippen molar-refractivity contribution in [1.29, 1.82) is 0 Å². The maximum Gasteiger partial charge on any atom is 0.332 e. The van der Waals surface area contributed by atoms with Gasteiger partial charge in [-0.1, -0.05) is 47.5 Å². The molecule has 1 aliphatic rings. The third-order valence-electron chi connectivity index (χ3n) is 6.61. The molecule has 5 rings (SSSR count). The van der Waals surface area contributed by atoms with E-state index in [-0.39, 0.29) is 5.56 Å². The molecule has 3 heterocycles. The molecule has 1 fully saturated rings. The van der Waals surface area contributed by atoms with Gasteiger partial charge in [0.15, 0.2) is 11.2 Å². The largest absolute Gasteiger partial charge is 0.369 e. The molecule has 182 valence electrons. The topological polar surface area (TPSA) is 68.3 Å². The van der Waals surface area contributed by atoms with Gasteiger partial charge in [-0.2, -0.15) is 0 Å². The van der Waals surface area contributed by atoms with E-state index in [0.29, 0.717) is 34.3 Å². The number of hydrogen-bond donors (Lipinski definition) is 0. The summed E-state index contributed by atoms with van der Waals surface area (Å²) in [6.45, 7) is 4.48. The molecule has 1 saturated heterocycles. The van der Waals surface area contributed by atoms with Crippen molar-refractivity contribution in [1.82, 2.24) is 23.6 Å². The Bertz CT molecular complexity index is 1500. The highest BCUT2D eigenvalue weighted by Crippen LogP contribution is 2.24. The van der Waals surface area contributed by atoms with Crippen molar-refractivity contribution < 1.29 is 0 Å². The maximum absolute atomic E-state index is 13.2. The van der Waals surface area contributed by atoms with Gasteiger partial charge in [-0.3, -0.25) is 18.8 Å². The van der Waals surface area contributed by atoms with Gasteiger partial charge in [-0.25, -0.2) is 9.78 Å². The Hall–Kier alpha value is -3.07. The Morgan fingerprint density at radius 3 is 2.26 bits per heavy atom. The number of fused-ring (bicyclic) bond motifs is 1. The Labute approximate surface area is 212 Å². The number of aryl methyl sites for hydroxylation is 1. The highest BCUT2D eigenvalue weighted by Gasteiger charge is 2.23. The average molecular weight is 513 g/mol. The van der Waals surface area contributed by atoms with Crippen molar-refractivity contribution in [2.75, 3.05) is 31.1 Å². The molecule has 0 atom stereocenters. The lowest BCUT2D eigenvalue weighted by Gasteiger charge is -2.36. The van der Waals surface area contributed by atoms with Crippen LogP contribution in [0.25, 0.3) is 11.2 Å². The fraction of sp³-hybridized carbons (Fsp3) is 0.320. The van der Waals surface area contributed by atoms with Gasteiger partial charge in [-0.05, 0) is 29.8 Å². The van der Waals surface area contributed by atoms with Crippen LogP contribution in [0.3, 0.4) is 0 Å². The summed E-state index contributed by atoms with van der Waals surface area (Å²) in [5.41, 5.74) is 2.14. The lowest BCUT2D eigenvalue weighted by Crippen LogP contribution is -2.46. The van der Waals surface area contributed by atoms with Gasteiger partial charge < -0.3 is 9.47 Å². The summed E-state index contributed by atoms with van der Waals surface area (Å²) in [5, 5.41) is 0.924. The van der Waals surface area contributed by atoms with E-state index in [2.05, 4.69) is 34.1 Å². The zero-order chi connectivity index (χ0) is 24.7. The van der Waals surface area contributed by atoms with E-state index in [0.717, 1.165) is 42.1 Å². The first kappa shape index (κ1) is 23.7. The summed E-state index contributed by atoms with van der Waals surface area (Å²) >= 11 is 12.4. The molecule has 1 aliphatic heterocycles. The predicted octanol–water partition coefficient (Wildman–Crippen LogP) is 3.11. The second kappa shape index (κ2) is 9.53. The van der Waals surface area contributed by atoms with Gasteiger partial charge in [0.25, 0.3) is 5.56 Å². The number of aromatic nitrogens is 4. The minimum Gasteiger partial charge on any atom is -0.369 e. The van der Waals surface area contributed by atoms with E-state index >= 15 is 0 Å². The number of anilines is 1. The summed E-state index contributed by atoms with van der Waals surface area (Å²) in [6, 6.07) is 15.8. The van der Waals surface area contributed by atoms with Crippen molar-refractivity contribution in [2.24, 2.45) is 14.1 Å². The number of nitrogens with zero attached hydrogens (tertiary/aromatic N) is 6. The van der Waals surface area contributed by atoms with Crippen LogP contribution >= 0.6 is 23.2 Å². The molecule has 35 heavy (non-hydrogen) atoms. The predicted molar refractivity (Wildman–Crippen MR) is 140 cm³/mol. The summed E-state index contributed by atoms with van der Waals surface area (Å²) in [6.07, 6.45) is 0. The van der Waals surface area contributed by atoms with Crippen molar-refractivity contribution in [3.8, 4) is 0 Å². The Balaban J connectivity index is 1.49. The summed E-state index contributed by atoms with van der Waals surface area (Å²) in [7, 11) is 3.13. The number of rotatable bonds is 5. The van der Waals surface area contributed by atoms with Gasteiger partial charge in [0.2, 0.25) is 0 Å². The molecule has 2 aromatic heterocycles. The molecule has 0 unspecified atom stereocenters. The zero-order valence-corrected chi connectivity index (χ0v) is 21.1. The van der Waals surface area contributed by atoms with Gasteiger partial charge in [-0.15, -0.1) is 0 Å². The van der Waals surface area contributed by atoms with E-state index < -0.39 is 5.69 Å². The quantitative estimate of drug-likeness (QED) is 0.411. The van der Waals surface area contributed by atoms with Crippen LogP contribution < -0.4 is 16.1 Å². The lowest BCUT2D eigenvalue weighted by molar-refractivity contribution is 0.241. The SMILES string of the molecule is Cn1c(=O)c2c(nc(CN3CCN(c4ccccc4)CC3)n2Cc2ccc(Cl)c(Cl)c2)n(C)c1=O. The van der Waals surface area contributed by atoms with Crippen LogP contribution in [0.2, 0.25) is 10.0 Å². The maximum atomic E-state index is 13.2. The minimum absolute atomic E-state index is 0.365. The van der Waals surface area contributed by atoms with Crippen molar-refractivity contribution >= 4 is 40.1 Å². The van der Waals surface area contributed by atoms with Crippen molar-refractivity contribution in [3.05, 3.63) is 90.8 Å². The Morgan fingerprint density at radius 2 is 1.57 bits per heavy atom. The summed E-state index contributed by atoms with van der Waals surface area (Å²) < 4.78 is 4.46. The van der Waals surface area contributed by atoms with Crippen LogP contribution in [0, 0.1) is 0 Å². The van der Waals surface area contributed by atoms with E-state index in [4.69, 9.17) is 28.2 Å². The lowest BCUT2D eigenvalue weighted by atomic mass is 10.2. The highest BCUT2D eigenvalue weighted by molar-refractivity contribution is 6.42. The van der Waals surface area contributed by atoms with E-state index in [1.807, 2.05) is 16.7 Å². The van der Waals surface area contributed by atoms with Crippen LogP contribution in [-0.4, -0.2) is 49.8 Å². The smallest absolute Gasteiger partial charge is 0.332 e. The monoisotopic (exact) mass is 512 g/mol. The summed E-state index contributed by atoms with van der Waals surface area (Å²) in [5.74, 6) is 0.734. The first-order valence-electron chi connectivity index (χ1n) is 11.4. The molecule has 2 aromatic carbocycles. The van der Waals surface area contributed by atoms with E-state index in [9.17, 15) is 9.59 Å². The van der Waals surface area contributed by atoms with Crippen LogP contribution in [0.5, 0.6) is 0 Å². The normalized spacial score (nSPS) is 14.7. The number of piperazine rings is 1. The fourth-order valence-electron chi connectivity index (χ4n) is 4.61. The van der Waals surface area contributed by atoms with Crippen LogP contribution in [0.4, 0.5) is 5.69 Å². The average Bonchev–Trinajstić information content (AvgIpc) is 3.22. The van der Waals surface area contributed by atoms with Crippen LogP contribution in [0.15, 0.2) is 58.1 Å².